The van der Waals surface area contributed by atoms with E-state index in [1.54, 1.807) is 48.5 Å². The van der Waals surface area contributed by atoms with Crippen molar-refractivity contribution < 1.29 is 17.9 Å². The van der Waals surface area contributed by atoms with E-state index < -0.39 is 33.6 Å². The van der Waals surface area contributed by atoms with Gasteiger partial charge in [0.2, 0.25) is 5.91 Å². The Kier molecular flexibility index (Phi) is 7.11. The van der Waals surface area contributed by atoms with E-state index in [9.17, 15) is 22.8 Å². The van der Waals surface area contributed by atoms with Crippen LogP contribution in [0.15, 0.2) is 81.2 Å². The van der Waals surface area contributed by atoms with Gasteiger partial charge in [-0.05, 0) is 67.4 Å². The molecule has 1 amide bonds. The number of aromatic amines is 1. The molecular weight excluding hydrogens is 522 g/mol. The molecule has 12 heteroatoms. The van der Waals surface area contributed by atoms with Crippen LogP contribution in [0.3, 0.4) is 0 Å². The number of ether oxygens (including phenoxy) is 1. The van der Waals surface area contributed by atoms with E-state index in [0.29, 0.717) is 17.1 Å². The number of hydrogen-bond acceptors (Lipinski definition) is 7. The van der Waals surface area contributed by atoms with Gasteiger partial charge in [0, 0.05) is 24.5 Å². The van der Waals surface area contributed by atoms with Crippen molar-refractivity contribution in [3.8, 4) is 5.75 Å². The first-order valence-corrected chi connectivity index (χ1v) is 13.8. The average Bonchev–Trinajstić information content (AvgIpc) is 3.47. The summed E-state index contributed by atoms with van der Waals surface area (Å²) in [5.41, 5.74) is 0.107. The molecular formula is C27H27N5O6S. The second-order valence-electron chi connectivity index (χ2n) is 9.14. The fourth-order valence-electron chi connectivity index (χ4n) is 4.60. The number of hydrogen-bond donors (Lipinski definition) is 3. The van der Waals surface area contributed by atoms with Gasteiger partial charge in [-0.1, -0.05) is 12.1 Å². The smallest absolute Gasteiger partial charge is 0.273 e. The molecule has 3 N–H and O–H groups in total. The van der Waals surface area contributed by atoms with E-state index in [-0.39, 0.29) is 21.4 Å². The van der Waals surface area contributed by atoms with Gasteiger partial charge in [-0.25, -0.2) is 13.1 Å². The monoisotopic (exact) mass is 549 g/mol. The number of nitrogens with one attached hydrogen (secondary N) is 3. The van der Waals surface area contributed by atoms with Crippen molar-refractivity contribution in [2.24, 2.45) is 0 Å². The fourth-order valence-corrected chi connectivity index (χ4v) is 5.91. The van der Waals surface area contributed by atoms with Gasteiger partial charge in [-0.2, -0.15) is 0 Å². The van der Waals surface area contributed by atoms with Crippen LogP contribution in [-0.2, 0) is 21.4 Å². The molecule has 1 aliphatic heterocycles. The third-order valence-electron chi connectivity index (χ3n) is 6.51. The van der Waals surface area contributed by atoms with Crippen LogP contribution in [0.1, 0.15) is 12.8 Å². The summed E-state index contributed by atoms with van der Waals surface area (Å²) < 4.78 is 35.7. The number of aromatic nitrogens is 2. The largest absolute Gasteiger partial charge is 0.497 e. The van der Waals surface area contributed by atoms with Crippen molar-refractivity contribution in [2.75, 3.05) is 35.1 Å². The van der Waals surface area contributed by atoms with Crippen LogP contribution in [0.2, 0.25) is 0 Å². The molecule has 202 valence electrons. The number of nitrogens with zero attached hydrogens (tertiary/aromatic N) is 2. The van der Waals surface area contributed by atoms with Gasteiger partial charge >= 0.3 is 0 Å². The molecule has 1 aliphatic rings. The van der Waals surface area contributed by atoms with Gasteiger partial charge in [0.15, 0.2) is 0 Å². The Morgan fingerprint density at radius 2 is 1.62 bits per heavy atom. The van der Waals surface area contributed by atoms with E-state index in [2.05, 4.69) is 15.1 Å². The number of sulfonamides is 1. The van der Waals surface area contributed by atoms with Crippen LogP contribution >= 0.6 is 0 Å². The summed E-state index contributed by atoms with van der Waals surface area (Å²) in [6, 6.07) is 17.5. The number of fused-ring (bicyclic) bond motifs is 1. The van der Waals surface area contributed by atoms with E-state index in [1.165, 1.54) is 25.3 Å². The number of methoxy groups -OCH3 is 1. The Balaban J connectivity index is 1.43. The van der Waals surface area contributed by atoms with Crippen molar-refractivity contribution >= 4 is 43.8 Å². The lowest BCUT2D eigenvalue weighted by molar-refractivity contribution is -0.117. The predicted octanol–water partition coefficient (Wildman–Crippen LogP) is 2.74. The minimum absolute atomic E-state index is 0.00861. The standard InChI is InChI=1S/C27H27N5O6S/c1-38-20-11-8-18(9-12-20)30-39(36,37)24-16-19(10-13-23(24)31-14-4-5-15-31)28-25(33)17-32-27(35)22-7-3-2-6-21(22)26(34)29-32/h2-3,6-13,16,30H,4-5,14-15,17H2,1H3,(H,28,33)(H,29,34). The minimum atomic E-state index is -4.04. The number of anilines is 3. The van der Waals surface area contributed by atoms with Gasteiger partial charge in [-0.3, -0.25) is 24.2 Å². The van der Waals surface area contributed by atoms with Crippen molar-refractivity contribution in [2.45, 2.75) is 24.3 Å². The number of benzene rings is 3. The maximum Gasteiger partial charge on any atom is 0.273 e. The molecule has 1 aromatic heterocycles. The van der Waals surface area contributed by atoms with Crippen LogP contribution in [0, 0.1) is 0 Å². The first kappa shape index (κ1) is 26.0. The molecule has 0 atom stereocenters. The predicted molar refractivity (Wildman–Crippen MR) is 149 cm³/mol. The topological polar surface area (TPSA) is 143 Å². The highest BCUT2D eigenvalue weighted by Gasteiger charge is 2.25. The van der Waals surface area contributed by atoms with Gasteiger partial charge in [-0.15, -0.1) is 0 Å². The Morgan fingerprint density at radius 1 is 0.949 bits per heavy atom. The number of rotatable bonds is 8. The van der Waals surface area contributed by atoms with Crippen molar-refractivity contribution in [1.82, 2.24) is 9.78 Å². The number of carbonyl (C=O) groups is 1. The maximum absolute atomic E-state index is 13.5. The van der Waals surface area contributed by atoms with Gasteiger partial charge in [0.25, 0.3) is 21.1 Å². The first-order chi connectivity index (χ1) is 18.7. The molecule has 4 aromatic rings. The zero-order valence-corrected chi connectivity index (χ0v) is 22.0. The number of amides is 1. The quantitative estimate of drug-likeness (QED) is 0.307. The second kappa shape index (κ2) is 10.7. The zero-order chi connectivity index (χ0) is 27.6. The van der Waals surface area contributed by atoms with Gasteiger partial charge in [0.1, 0.15) is 17.2 Å². The number of carbonyl (C=O) groups excluding carboxylic acids is 1. The lowest BCUT2D eigenvalue weighted by Gasteiger charge is -2.22. The molecule has 39 heavy (non-hydrogen) atoms. The van der Waals surface area contributed by atoms with E-state index in [4.69, 9.17) is 4.74 Å². The Morgan fingerprint density at radius 3 is 2.31 bits per heavy atom. The molecule has 0 spiro atoms. The highest BCUT2D eigenvalue weighted by molar-refractivity contribution is 7.92. The third kappa shape index (κ3) is 5.50. The molecule has 11 nitrogen and oxygen atoms in total. The van der Waals surface area contributed by atoms with Crippen LogP contribution in [-0.4, -0.2) is 44.3 Å². The molecule has 0 saturated carbocycles. The molecule has 2 heterocycles. The molecule has 5 rings (SSSR count). The van der Waals surface area contributed by atoms with E-state index in [0.717, 1.165) is 30.6 Å². The molecule has 0 unspecified atom stereocenters. The summed E-state index contributed by atoms with van der Waals surface area (Å²) in [6.07, 6.45) is 1.89. The van der Waals surface area contributed by atoms with Crippen LogP contribution in [0.25, 0.3) is 10.8 Å². The van der Waals surface area contributed by atoms with Gasteiger partial charge in [0.05, 0.1) is 23.6 Å². The van der Waals surface area contributed by atoms with Crippen LogP contribution in [0.4, 0.5) is 17.1 Å². The molecule has 0 aliphatic carbocycles. The Labute approximate surface area is 224 Å². The highest BCUT2D eigenvalue weighted by Crippen LogP contribution is 2.32. The van der Waals surface area contributed by atoms with Crippen molar-refractivity contribution in [3.63, 3.8) is 0 Å². The van der Waals surface area contributed by atoms with Gasteiger partial charge < -0.3 is 15.0 Å². The summed E-state index contributed by atoms with van der Waals surface area (Å²) in [5.74, 6) is -0.0179. The molecule has 3 aromatic carbocycles. The first-order valence-electron chi connectivity index (χ1n) is 12.3. The molecule has 1 fully saturated rings. The van der Waals surface area contributed by atoms with Crippen LogP contribution in [0.5, 0.6) is 5.75 Å². The molecule has 0 radical (unpaired) electrons. The SMILES string of the molecule is COc1ccc(NS(=O)(=O)c2cc(NC(=O)Cn3[nH]c(=O)c4ccccc4c3=O)ccc2N2CCCC2)cc1. The lowest BCUT2D eigenvalue weighted by atomic mass is 10.2. The number of H-pyrrole nitrogens is 1. The third-order valence-corrected chi connectivity index (χ3v) is 7.92. The summed E-state index contributed by atoms with van der Waals surface area (Å²) >= 11 is 0. The van der Waals surface area contributed by atoms with Crippen molar-refractivity contribution in [3.05, 3.63) is 87.4 Å². The lowest BCUT2D eigenvalue weighted by Crippen LogP contribution is -2.34. The highest BCUT2D eigenvalue weighted by atomic mass is 32.2. The zero-order valence-electron chi connectivity index (χ0n) is 21.1. The average molecular weight is 550 g/mol. The van der Waals surface area contributed by atoms with E-state index in [1.807, 2.05) is 4.90 Å². The molecule has 0 bridgehead atoms. The fraction of sp³-hybridized carbons (Fsp3) is 0.222. The van der Waals surface area contributed by atoms with Crippen LogP contribution < -0.4 is 30.8 Å². The summed E-state index contributed by atoms with van der Waals surface area (Å²) in [4.78, 5) is 40.0. The Hall–Kier alpha value is -4.58. The Bertz CT molecular complexity index is 1760. The second-order valence-corrected chi connectivity index (χ2v) is 10.8. The normalized spacial score (nSPS) is 13.4. The molecule has 1 saturated heterocycles. The summed E-state index contributed by atoms with van der Waals surface area (Å²) in [5, 5.41) is 5.49. The minimum Gasteiger partial charge on any atom is -0.497 e. The van der Waals surface area contributed by atoms with E-state index >= 15 is 0 Å². The summed E-state index contributed by atoms with van der Waals surface area (Å²) in [6.45, 7) is 0.975. The van der Waals surface area contributed by atoms with Crippen molar-refractivity contribution in [1.29, 1.82) is 0 Å². The summed E-state index contributed by atoms with van der Waals surface area (Å²) in [7, 11) is -2.52. The maximum atomic E-state index is 13.5.